The van der Waals surface area contributed by atoms with Gasteiger partial charge in [0.2, 0.25) is 0 Å². The molecule has 0 unspecified atom stereocenters. The van der Waals surface area contributed by atoms with Gasteiger partial charge in [-0.3, -0.25) is 0 Å². The van der Waals surface area contributed by atoms with Crippen molar-refractivity contribution < 1.29 is 33.3 Å². The number of rotatable bonds is 2. The lowest BCUT2D eigenvalue weighted by Crippen LogP contribution is -2.68. The number of hydrogen-bond donors (Lipinski definition) is 0. The summed E-state index contributed by atoms with van der Waals surface area (Å²) in [6, 6.07) is 29.0. The molecule has 0 saturated heterocycles. The van der Waals surface area contributed by atoms with E-state index in [4.69, 9.17) is 23.6 Å². The lowest BCUT2D eigenvalue weighted by atomic mass is 10.1. The van der Waals surface area contributed by atoms with Gasteiger partial charge in [-0.05, 0) is 11.1 Å². The molecule has 7 heteroatoms. The summed E-state index contributed by atoms with van der Waals surface area (Å²) in [5.41, 5.74) is 5.40. The van der Waals surface area contributed by atoms with Gasteiger partial charge in [0.1, 0.15) is 5.69 Å². The van der Waals surface area contributed by atoms with Gasteiger partial charge in [0, 0.05) is 23.3 Å². The summed E-state index contributed by atoms with van der Waals surface area (Å²) in [6.45, 7) is 0. The Morgan fingerprint density at radius 1 is 0.667 bits per heavy atom. The van der Waals surface area contributed by atoms with E-state index < -0.39 is 10.2 Å². The fourth-order valence-electron chi connectivity index (χ4n) is 2.67. The van der Waals surface area contributed by atoms with Gasteiger partial charge in [0.25, 0.3) is 0 Å². The van der Waals surface area contributed by atoms with E-state index in [1.807, 2.05) is 42.5 Å². The number of pyridine rings is 1. The van der Waals surface area contributed by atoms with Crippen molar-refractivity contribution in [2.75, 3.05) is 0 Å². The minimum Gasteiger partial charge on any atom is -0.222 e. The Kier molecular flexibility index (Phi) is 5.75. The lowest BCUT2D eigenvalue weighted by molar-refractivity contribution is -2.00. The minimum absolute atomic E-state index is 0.947. The standard InChI is InChI=1S/C20H15N2.ClHO4/c1-3-9-16(10-4-1)18-15-19(17-11-5-2-6-12-17)22-14-8-7-13-20(22)21-18;2-1(3,4)5/h1-15H;(H,2,3,4,5)/q+1;/p-1. The Hall–Kier alpha value is -2.87. The molecular weight excluding hydrogens is 368 g/mol. The maximum Gasteiger partial charge on any atom is 0.328 e. The third-order valence-electron chi connectivity index (χ3n) is 3.75. The van der Waals surface area contributed by atoms with Crippen LogP contribution in [0, 0.1) is 10.2 Å². The smallest absolute Gasteiger partial charge is 0.222 e. The first-order valence-electron chi connectivity index (χ1n) is 7.96. The summed E-state index contributed by atoms with van der Waals surface area (Å²) in [7, 11) is -4.94. The summed E-state index contributed by atoms with van der Waals surface area (Å²) in [6.07, 6.45) is 2.06. The third-order valence-corrected chi connectivity index (χ3v) is 3.75. The molecule has 2 aromatic heterocycles. The van der Waals surface area contributed by atoms with E-state index in [0.29, 0.717) is 0 Å². The molecule has 0 radical (unpaired) electrons. The Morgan fingerprint density at radius 3 is 1.78 bits per heavy atom. The van der Waals surface area contributed by atoms with Crippen LogP contribution in [-0.4, -0.2) is 4.98 Å². The van der Waals surface area contributed by atoms with Crippen LogP contribution >= 0.6 is 0 Å². The number of nitrogens with zero attached hydrogens (tertiary/aromatic N) is 2. The first-order valence-corrected chi connectivity index (χ1v) is 9.19. The zero-order valence-corrected chi connectivity index (χ0v) is 14.8. The molecule has 0 aliphatic rings. The molecule has 2 heterocycles. The van der Waals surface area contributed by atoms with Crippen LogP contribution in [0.3, 0.4) is 0 Å². The highest BCUT2D eigenvalue weighted by Crippen LogP contribution is 2.22. The average molecular weight is 383 g/mol. The molecule has 6 nitrogen and oxygen atoms in total. The van der Waals surface area contributed by atoms with E-state index in [1.54, 1.807) is 0 Å². The number of aromatic nitrogens is 2. The molecule has 27 heavy (non-hydrogen) atoms. The van der Waals surface area contributed by atoms with Crippen LogP contribution in [0.1, 0.15) is 0 Å². The monoisotopic (exact) mass is 382 g/mol. The predicted molar refractivity (Wildman–Crippen MR) is 88.3 cm³/mol. The van der Waals surface area contributed by atoms with Crippen LogP contribution < -0.4 is 23.0 Å². The Labute approximate surface area is 158 Å². The summed E-state index contributed by atoms with van der Waals surface area (Å²) in [4.78, 5) is 4.79. The predicted octanol–water partition coefficient (Wildman–Crippen LogP) is -0.602. The van der Waals surface area contributed by atoms with E-state index in [0.717, 1.165) is 22.6 Å². The third kappa shape index (κ3) is 5.30. The molecule has 0 saturated carbocycles. The normalized spacial score (nSPS) is 11.0. The zero-order chi connectivity index (χ0) is 19.3. The molecule has 0 fully saturated rings. The SMILES string of the molecule is [O-][Cl+3]([O-])([O-])[O-].c1ccc(-c2cc(-c3ccccc3)[n+]3ccccc3n2)cc1. The molecular formula is C20H15ClN2O4. The van der Waals surface area contributed by atoms with Crippen molar-refractivity contribution >= 4 is 5.65 Å². The fourth-order valence-corrected chi connectivity index (χ4v) is 2.67. The van der Waals surface area contributed by atoms with Crippen molar-refractivity contribution in [1.82, 2.24) is 4.98 Å². The number of fused-ring (bicyclic) bond motifs is 1. The van der Waals surface area contributed by atoms with Gasteiger partial charge in [-0.1, -0.05) is 66.7 Å². The summed E-state index contributed by atoms with van der Waals surface area (Å²) >= 11 is 0. The molecule has 2 aromatic carbocycles. The topological polar surface area (TPSA) is 109 Å². The lowest BCUT2D eigenvalue weighted by Gasteiger charge is -2.17. The van der Waals surface area contributed by atoms with Gasteiger partial charge < -0.3 is 0 Å². The number of halogens is 1. The second-order valence-corrected chi connectivity index (χ2v) is 6.32. The molecule has 0 amide bonds. The van der Waals surface area contributed by atoms with E-state index in [1.165, 1.54) is 5.56 Å². The van der Waals surface area contributed by atoms with Gasteiger partial charge in [0.05, 0.1) is 6.20 Å². The highest BCUT2D eigenvalue weighted by molar-refractivity contribution is 5.67. The zero-order valence-electron chi connectivity index (χ0n) is 14.1. The Balaban J connectivity index is 0.000000376. The molecule has 136 valence electrons. The van der Waals surface area contributed by atoms with Crippen molar-refractivity contribution in [3.8, 4) is 22.5 Å². The fraction of sp³-hybridized carbons (Fsp3) is 0. The average Bonchev–Trinajstić information content (AvgIpc) is 2.67. The number of hydrogen-bond acceptors (Lipinski definition) is 5. The summed E-state index contributed by atoms with van der Waals surface area (Å²) in [5, 5.41) is 0. The molecule has 0 aliphatic carbocycles. The maximum absolute atomic E-state index is 8.49. The van der Waals surface area contributed by atoms with Gasteiger partial charge in [0.15, 0.2) is 5.69 Å². The van der Waals surface area contributed by atoms with Crippen molar-refractivity contribution in [3.05, 3.63) is 91.1 Å². The van der Waals surface area contributed by atoms with E-state index >= 15 is 0 Å². The van der Waals surface area contributed by atoms with Crippen LogP contribution in [0.15, 0.2) is 91.1 Å². The molecule has 0 spiro atoms. The van der Waals surface area contributed by atoms with E-state index in [9.17, 15) is 0 Å². The van der Waals surface area contributed by atoms with Crippen molar-refractivity contribution in [2.45, 2.75) is 0 Å². The Bertz CT molecular complexity index is 1020. The van der Waals surface area contributed by atoms with Crippen LogP contribution in [0.5, 0.6) is 0 Å². The van der Waals surface area contributed by atoms with Gasteiger partial charge in [-0.25, -0.2) is 18.6 Å². The molecule has 0 aliphatic heterocycles. The van der Waals surface area contributed by atoms with Gasteiger partial charge >= 0.3 is 5.65 Å². The van der Waals surface area contributed by atoms with Crippen molar-refractivity contribution in [1.29, 1.82) is 0 Å². The van der Waals surface area contributed by atoms with E-state index in [-0.39, 0.29) is 0 Å². The first kappa shape index (κ1) is 18.9. The van der Waals surface area contributed by atoms with Crippen LogP contribution in [-0.2, 0) is 0 Å². The summed E-state index contributed by atoms with van der Waals surface area (Å²) < 4.78 is 36.1. The molecule has 0 bridgehead atoms. The molecule has 4 aromatic rings. The molecule has 0 N–H and O–H groups in total. The van der Waals surface area contributed by atoms with Crippen molar-refractivity contribution in [3.63, 3.8) is 0 Å². The van der Waals surface area contributed by atoms with Gasteiger partial charge in [-0.2, -0.15) is 4.40 Å². The second kappa shape index (κ2) is 8.22. The Morgan fingerprint density at radius 2 is 1.19 bits per heavy atom. The number of benzene rings is 2. The van der Waals surface area contributed by atoms with Gasteiger partial charge in [-0.15, -0.1) is 10.2 Å². The van der Waals surface area contributed by atoms with Crippen LogP contribution in [0.2, 0.25) is 0 Å². The van der Waals surface area contributed by atoms with Crippen LogP contribution in [0.4, 0.5) is 0 Å². The first-order chi connectivity index (χ1) is 12.9. The van der Waals surface area contributed by atoms with Crippen molar-refractivity contribution in [2.24, 2.45) is 0 Å². The van der Waals surface area contributed by atoms with E-state index in [2.05, 4.69) is 53.1 Å². The highest BCUT2D eigenvalue weighted by Gasteiger charge is 2.16. The largest absolute Gasteiger partial charge is 0.328 e. The summed E-state index contributed by atoms with van der Waals surface area (Å²) in [5.74, 6) is 0. The van der Waals surface area contributed by atoms with Crippen LogP contribution in [0.25, 0.3) is 28.2 Å². The minimum atomic E-state index is -4.94. The quantitative estimate of drug-likeness (QED) is 0.430. The second-order valence-electron chi connectivity index (χ2n) is 5.57. The molecule has 0 atom stereocenters. The maximum atomic E-state index is 8.49. The molecule has 4 rings (SSSR count). The highest BCUT2D eigenvalue weighted by atomic mass is 35.7.